The average molecular weight is 279 g/mol. The second-order valence-electron chi connectivity index (χ2n) is 6.92. The monoisotopic (exact) mass is 279 g/mol. The third kappa shape index (κ3) is 4.51. The Labute approximate surface area is 122 Å². The lowest BCUT2D eigenvalue weighted by Crippen LogP contribution is -2.35. The van der Waals surface area contributed by atoms with Crippen molar-refractivity contribution in [2.24, 2.45) is 5.92 Å². The summed E-state index contributed by atoms with van der Waals surface area (Å²) < 4.78 is 5.67. The van der Waals surface area contributed by atoms with Crippen LogP contribution in [0, 0.1) is 5.92 Å². The number of aromatic nitrogens is 1. The SMILES string of the molecule is CCC1CCCN(c2nc(CNC(C)(C)C)co2)CC1. The van der Waals surface area contributed by atoms with Gasteiger partial charge < -0.3 is 14.6 Å². The minimum absolute atomic E-state index is 0.107. The third-order valence-electron chi connectivity index (χ3n) is 4.04. The maximum Gasteiger partial charge on any atom is 0.297 e. The first-order chi connectivity index (χ1) is 9.48. The van der Waals surface area contributed by atoms with Gasteiger partial charge in [-0.25, -0.2) is 0 Å². The second kappa shape index (κ2) is 6.61. The number of nitrogens with one attached hydrogen (secondary N) is 1. The highest BCUT2D eigenvalue weighted by atomic mass is 16.4. The summed E-state index contributed by atoms with van der Waals surface area (Å²) in [7, 11) is 0. The molecule has 1 aromatic heterocycles. The van der Waals surface area contributed by atoms with Crippen molar-refractivity contribution >= 4 is 6.01 Å². The summed E-state index contributed by atoms with van der Waals surface area (Å²) in [5, 5.41) is 3.44. The lowest BCUT2D eigenvalue weighted by atomic mass is 9.98. The van der Waals surface area contributed by atoms with Crippen molar-refractivity contribution in [3.63, 3.8) is 0 Å². The van der Waals surface area contributed by atoms with Crippen LogP contribution >= 0.6 is 0 Å². The summed E-state index contributed by atoms with van der Waals surface area (Å²) in [4.78, 5) is 6.93. The van der Waals surface area contributed by atoms with E-state index >= 15 is 0 Å². The summed E-state index contributed by atoms with van der Waals surface area (Å²) in [6.45, 7) is 11.7. The fourth-order valence-electron chi connectivity index (χ4n) is 2.64. The molecule has 20 heavy (non-hydrogen) atoms. The van der Waals surface area contributed by atoms with Crippen LogP contribution in [0.15, 0.2) is 10.7 Å². The van der Waals surface area contributed by atoms with Gasteiger partial charge in [0.25, 0.3) is 6.01 Å². The van der Waals surface area contributed by atoms with E-state index in [9.17, 15) is 0 Å². The molecule has 0 saturated carbocycles. The minimum atomic E-state index is 0.107. The molecule has 1 aliphatic rings. The van der Waals surface area contributed by atoms with Gasteiger partial charge in [0.2, 0.25) is 0 Å². The van der Waals surface area contributed by atoms with Gasteiger partial charge in [0.15, 0.2) is 0 Å². The Morgan fingerprint density at radius 1 is 1.35 bits per heavy atom. The fourth-order valence-corrected chi connectivity index (χ4v) is 2.64. The average Bonchev–Trinajstić information content (AvgIpc) is 2.73. The molecule has 0 spiro atoms. The van der Waals surface area contributed by atoms with E-state index in [0.717, 1.165) is 37.3 Å². The van der Waals surface area contributed by atoms with Crippen molar-refractivity contribution in [3.05, 3.63) is 12.0 Å². The number of oxazole rings is 1. The lowest BCUT2D eigenvalue weighted by Gasteiger charge is -2.19. The van der Waals surface area contributed by atoms with Crippen LogP contribution in [0.25, 0.3) is 0 Å². The highest BCUT2D eigenvalue weighted by molar-refractivity contribution is 5.27. The van der Waals surface area contributed by atoms with Crippen molar-refractivity contribution in [2.45, 2.75) is 65.5 Å². The quantitative estimate of drug-likeness (QED) is 0.914. The molecule has 2 heterocycles. The highest BCUT2D eigenvalue weighted by Crippen LogP contribution is 2.24. The van der Waals surface area contributed by atoms with Gasteiger partial charge in [-0.15, -0.1) is 0 Å². The summed E-state index contributed by atoms with van der Waals surface area (Å²) in [5.41, 5.74) is 1.10. The summed E-state index contributed by atoms with van der Waals surface area (Å²) in [6, 6.07) is 0.799. The molecule has 1 fully saturated rings. The predicted octanol–water partition coefficient (Wildman–Crippen LogP) is 3.58. The van der Waals surface area contributed by atoms with Crippen molar-refractivity contribution in [1.29, 1.82) is 0 Å². The van der Waals surface area contributed by atoms with Gasteiger partial charge in [-0.05, 0) is 46.0 Å². The number of hydrogen-bond acceptors (Lipinski definition) is 4. The van der Waals surface area contributed by atoms with Gasteiger partial charge in [-0.1, -0.05) is 13.3 Å². The van der Waals surface area contributed by atoms with Crippen molar-refractivity contribution in [2.75, 3.05) is 18.0 Å². The molecule has 114 valence electrons. The zero-order valence-corrected chi connectivity index (χ0v) is 13.4. The molecule has 0 aromatic carbocycles. The standard InChI is InChI=1S/C16H29N3O/c1-5-13-7-6-9-19(10-8-13)15-18-14(12-20-15)11-17-16(2,3)4/h12-13,17H,5-11H2,1-4H3. The van der Waals surface area contributed by atoms with Gasteiger partial charge in [-0.3, -0.25) is 0 Å². The van der Waals surface area contributed by atoms with Crippen LogP contribution in [-0.4, -0.2) is 23.6 Å². The molecule has 0 aliphatic carbocycles. The van der Waals surface area contributed by atoms with Gasteiger partial charge in [0.05, 0.1) is 5.69 Å². The van der Waals surface area contributed by atoms with Crippen LogP contribution in [0.4, 0.5) is 6.01 Å². The number of anilines is 1. The molecular formula is C16H29N3O. The Kier molecular flexibility index (Phi) is 5.08. The molecule has 4 nitrogen and oxygen atoms in total. The molecule has 1 aromatic rings. The van der Waals surface area contributed by atoms with Crippen LogP contribution in [0.1, 0.15) is 59.1 Å². The largest absolute Gasteiger partial charge is 0.432 e. The van der Waals surface area contributed by atoms with E-state index in [4.69, 9.17) is 4.42 Å². The molecule has 1 unspecified atom stereocenters. The molecule has 1 N–H and O–H groups in total. The Balaban J connectivity index is 1.91. The molecule has 0 amide bonds. The topological polar surface area (TPSA) is 41.3 Å². The van der Waals surface area contributed by atoms with Crippen molar-refractivity contribution in [1.82, 2.24) is 10.3 Å². The maximum atomic E-state index is 5.67. The van der Waals surface area contributed by atoms with E-state index in [1.54, 1.807) is 6.26 Å². The van der Waals surface area contributed by atoms with E-state index in [-0.39, 0.29) is 5.54 Å². The second-order valence-corrected chi connectivity index (χ2v) is 6.92. The highest BCUT2D eigenvalue weighted by Gasteiger charge is 2.19. The molecule has 1 saturated heterocycles. The molecule has 0 radical (unpaired) electrons. The maximum absolute atomic E-state index is 5.67. The smallest absolute Gasteiger partial charge is 0.297 e. The first-order valence-corrected chi connectivity index (χ1v) is 7.92. The van der Waals surface area contributed by atoms with Crippen molar-refractivity contribution < 1.29 is 4.42 Å². The normalized spacial score (nSPS) is 21.0. The summed E-state index contributed by atoms with van der Waals surface area (Å²) >= 11 is 0. The first-order valence-electron chi connectivity index (χ1n) is 7.92. The van der Waals surface area contributed by atoms with Gasteiger partial charge in [-0.2, -0.15) is 4.98 Å². The van der Waals surface area contributed by atoms with Crippen LogP contribution in [0.3, 0.4) is 0 Å². The van der Waals surface area contributed by atoms with Crippen LogP contribution in [0.2, 0.25) is 0 Å². The predicted molar refractivity (Wildman–Crippen MR) is 82.9 cm³/mol. The van der Waals surface area contributed by atoms with Gasteiger partial charge >= 0.3 is 0 Å². The minimum Gasteiger partial charge on any atom is -0.432 e. The summed E-state index contributed by atoms with van der Waals surface area (Å²) in [5.74, 6) is 0.872. The molecule has 1 aliphatic heterocycles. The van der Waals surface area contributed by atoms with Crippen LogP contribution < -0.4 is 10.2 Å². The zero-order valence-electron chi connectivity index (χ0n) is 13.4. The Bertz CT molecular complexity index is 408. The van der Waals surface area contributed by atoms with Gasteiger partial charge in [0.1, 0.15) is 6.26 Å². The van der Waals surface area contributed by atoms with Gasteiger partial charge in [0, 0.05) is 25.2 Å². The number of rotatable bonds is 4. The molecule has 4 heteroatoms. The number of hydrogen-bond donors (Lipinski definition) is 1. The van der Waals surface area contributed by atoms with Crippen molar-refractivity contribution in [3.8, 4) is 0 Å². The molecule has 2 rings (SSSR count). The van der Waals surface area contributed by atoms with Crippen LogP contribution in [0.5, 0.6) is 0 Å². The Morgan fingerprint density at radius 2 is 2.15 bits per heavy atom. The Hall–Kier alpha value is -1.03. The lowest BCUT2D eigenvalue weighted by molar-refractivity contribution is 0.421. The van der Waals surface area contributed by atoms with E-state index in [1.165, 1.54) is 25.7 Å². The van der Waals surface area contributed by atoms with E-state index in [0.29, 0.717) is 0 Å². The summed E-state index contributed by atoms with van der Waals surface area (Å²) in [6.07, 6.45) is 6.92. The first kappa shape index (κ1) is 15.4. The number of nitrogens with zero attached hydrogens (tertiary/aromatic N) is 2. The van der Waals surface area contributed by atoms with E-state index in [1.807, 2.05) is 0 Å². The molecule has 0 bridgehead atoms. The third-order valence-corrected chi connectivity index (χ3v) is 4.04. The molecular weight excluding hydrogens is 250 g/mol. The zero-order chi connectivity index (χ0) is 14.6. The molecule has 1 atom stereocenters. The van der Waals surface area contributed by atoms with E-state index < -0.39 is 0 Å². The van der Waals surface area contributed by atoms with Crippen LogP contribution in [-0.2, 0) is 6.54 Å². The fraction of sp³-hybridized carbons (Fsp3) is 0.812. The van der Waals surface area contributed by atoms with E-state index in [2.05, 4.69) is 42.9 Å². The Morgan fingerprint density at radius 3 is 2.85 bits per heavy atom.